The Balaban J connectivity index is 2.80. The quantitative estimate of drug-likeness (QED) is 0.701. The molecule has 0 aliphatic heterocycles. The van der Waals surface area contributed by atoms with Gasteiger partial charge in [0.25, 0.3) is 11.8 Å². The predicted octanol–water partition coefficient (Wildman–Crippen LogP) is 3.08. The summed E-state index contributed by atoms with van der Waals surface area (Å²) in [6, 6.07) is 2.66. The van der Waals surface area contributed by atoms with Gasteiger partial charge in [-0.3, -0.25) is 9.59 Å². The third-order valence-electron chi connectivity index (χ3n) is 3.96. The van der Waals surface area contributed by atoms with E-state index in [-0.39, 0.29) is 29.8 Å². The van der Waals surface area contributed by atoms with Crippen LogP contribution in [0.5, 0.6) is 0 Å². The molecule has 0 aliphatic carbocycles. The molecule has 2 unspecified atom stereocenters. The molecule has 0 spiro atoms. The van der Waals surface area contributed by atoms with Crippen molar-refractivity contribution < 1.29 is 19.1 Å². The van der Waals surface area contributed by atoms with Crippen molar-refractivity contribution in [2.24, 2.45) is 5.92 Å². The highest BCUT2D eigenvalue weighted by Crippen LogP contribution is 2.14. The first kappa shape index (κ1) is 22.2. The summed E-state index contributed by atoms with van der Waals surface area (Å²) in [5, 5.41) is 4.51. The van der Waals surface area contributed by atoms with Gasteiger partial charge >= 0.3 is 5.97 Å². The number of nitrogens with one attached hydrogen (secondary N) is 1. The first-order chi connectivity index (χ1) is 12.1. The molecule has 0 radical (unpaired) electrons. The number of nitrogens with zero attached hydrogens (tertiary/aromatic N) is 1. The summed E-state index contributed by atoms with van der Waals surface area (Å²) in [6.07, 6.45) is -0.910. The largest absolute Gasteiger partial charge is 0.451 e. The standard InChI is InChI=1S/C19H30N2O4S/c1-11(2)16(20-17(22)15-9-8-10-26-15)19(24)25-14(7)18(23)21(12(3)4)13(5)6/h8-14,16H,1-7H3,(H,20,22). The van der Waals surface area contributed by atoms with E-state index in [1.165, 1.54) is 11.3 Å². The van der Waals surface area contributed by atoms with E-state index in [4.69, 9.17) is 4.74 Å². The van der Waals surface area contributed by atoms with Crippen molar-refractivity contribution in [3.8, 4) is 0 Å². The summed E-state index contributed by atoms with van der Waals surface area (Å²) in [5.74, 6) is -1.32. The van der Waals surface area contributed by atoms with E-state index in [0.717, 1.165) is 0 Å². The van der Waals surface area contributed by atoms with Crippen LogP contribution in [0.25, 0.3) is 0 Å². The minimum Gasteiger partial charge on any atom is -0.451 e. The van der Waals surface area contributed by atoms with Crippen molar-refractivity contribution in [3.05, 3.63) is 22.4 Å². The zero-order chi connectivity index (χ0) is 20.0. The van der Waals surface area contributed by atoms with Gasteiger partial charge in [0.1, 0.15) is 6.04 Å². The minimum absolute atomic E-state index is 0.00285. The molecule has 1 aromatic rings. The van der Waals surface area contributed by atoms with Crippen LogP contribution < -0.4 is 5.32 Å². The van der Waals surface area contributed by atoms with Gasteiger partial charge in [0, 0.05) is 12.1 Å². The zero-order valence-electron chi connectivity index (χ0n) is 16.6. The van der Waals surface area contributed by atoms with E-state index >= 15 is 0 Å². The van der Waals surface area contributed by atoms with Crippen LogP contribution in [0.4, 0.5) is 0 Å². The van der Waals surface area contributed by atoms with Crippen LogP contribution in [0.2, 0.25) is 0 Å². The lowest BCUT2D eigenvalue weighted by Gasteiger charge is -2.33. The van der Waals surface area contributed by atoms with Gasteiger partial charge in [0.05, 0.1) is 4.88 Å². The molecular formula is C19H30N2O4S. The lowest BCUT2D eigenvalue weighted by molar-refractivity contribution is -0.163. The highest BCUT2D eigenvalue weighted by atomic mass is 32.1. The number of hydrogen-bond donors (Lipinski definition) is 1. The van der Waals surface area contributed by atoms with Crippen LogP contribution in [0.1, 0.15) is 58.1 Å². The van der Waals surface area contributed by atoms with Crippen molar-refractivity contribution in [2.75, 3.05) is 0 Å². The van der Waals surface area contributed by atoms with E-state index in [9.17, 15) is 14.4 Å². The molecule has 0 fully saturated rings. The molecule has 146 valence electrons. The number of esters is 1. The Morgan fingerprint density at radius 3 is 2.04 bits per heavy atom. The fourth-order valence-corrected chi connectivity index (χ4v) is 3.36. The summed E-state index contributed by atoms with van der Waals surface area (Å²) >= 11 is 1.30. The number of hydrogen-bond acceptors (Lipinski definition) is 5. The Morgan fingerprint density at radius 2 is 1.62 bits per heavy atom. The molecule has 6 nitrogen and oxygen atoms in total. The SMILES string of the molecule is CC(OC(=O)C(NC(=O)c1cccs1)C(C)C)C(=O)N(C(C)C)C(C)C. The maximum atomic E-state index is 12.6. The Labute approximate surface area is 159 Å². The minimum atomic E-state index is -0.910. The molecule has 0 saturated carbocycles. The van der Waals surface area contributed by atoms with Crippen molar-refractivity contribution in [1.82, 2.24) is 10.2 Å². The molecule has 0 bridgehead atoms. The monoisotopic (exact) mass is 382 g/mol. The highest BCUT2D eigenvalue weighted by molar-refractivity contribution is 7.12. The normalized spacial score (nSPS) is 13.6. The highest BCUT2D eigenvalue weighted by Gasteiger charge is 2.32. The maximum Gasteiger partial charge on any atom is 0.329 e. The summed E-state index contributed by atoms with van der Waals surface area (Å²) in [4.78, 5) is 39.7. The van der Waals surface area contributed by atoms with Gasteiger partial charge in [-0.25, -0.2) is 4.79 Å². The molecular weight excluding hydrogens is 352 g/mol. The zero-order valence-corrected chi connectivity index (χ0v) is 17.4. The van der Waals surface area contributed by atoms with Crippen LogP contribution >= 0.6 is 11.3 Å². The number of thiophene rings is 1. The van der Waals surface area contributed by atoms with Crippen LogP contribution in [-0.4, -0.2) is 46.9 Å². The second-order valence-corrected chi connectivity index (χ2v) is 8.13. The van der Waals surface area contributed by atoms with E-state index in [2.05, 4.69) is 5.32 Å². The van der Waals surface area contributed by atoms with E-state index in [1.54, 1.807) is 29.3 Å². The fourth-order valence-electron chi connectivity index (χ4n) is 2.73. The van der Waals surface area contributed by atoms with Crippen molar-refractivity contribution >= 4 is 29.1 Å². The second kappa shape index (κ2) is 9.71. The first-order valence-corrected chi connectivity index (χ1v) is 9.81. The van der Waals surface area contributed by atoms with E-state index in [1.807, 2.05) is 41.5 Å². The first-order valence-electron chi connectivity index (χ1n) is 8.93. The second-order valence-electron chi connectivity index (χ2n) is 7.18. The topological polar surface area (TPSA) is 75.7 Å². The van der Waals surface area contributed by atoms with Crippen LogP contribution in [-0.2, 0) is 14.3 Å². The predicted molar refractivity (Wildman–Crippen MR) is 103 cm³/mol. The molecule has 1 heterocycles. The lowest BCUT2D eigenvalue weighted by atomic mass is 10.0. The van der Waals surface area contributed by atoms with Gasteiger partial charge in [-0.05, 0) is 52.0 Å². The molecule has 26 heavy (non-hydrogen) atoms. The van der Waals surface area contributed by atoms with Gasteiger partial charge in [0.2, 0.25) is 0 Å². The number of carbonyl (C=O) groups is 3. The van der Waals surface area contributed by atoms with Gasteiger partial charge < -0.3 is 15.0 Å². The van der Waals surface area contributed by atoms with E-state index in [0.29, 0.717) is 4.88 Å². The van der Waals surface area contributed by atoms with Crippen molar-refractivity contribution in [2.45, 2.75) is 72.7 Å². The lowest BCUT2D eigenvalue weighted by Crippen LogP contribution is -2.50. The molecule has 2 atom stereocenters. The molecule has 0 aliphatic rings. The number of rotatable bonds is 8. The number of ether oxygens (including phenoxy) is 1. The maximum absolute atomic E-state index is 12.6. The number of carbonyl (C=O) groups excluding carboxylic acids is 3. The molecule has 1 N–H and O–H groups in total. The van der Waals surface area contributed by atoms with Crippen LogP contribution in [0.3, 0.4) is 0 Å². The van der Waals surface area contributed by atoms with E-state index < -0.39 is 18.1 Å². The fraction of sp³-hybridized carbons (Fsp3) is 0.632. The van der Waals surface area contributed by atoms with Crippen LogP contribution in [0, 0.1) is 5.92 Å². The Kier molecular flexibility index (Phi) is 8.27. The Hall–Kier alpha value is -1.89. The Bertz CT molecular complexity index is 603. The van der Waals surface area contributed by atoms with Gasteiger partial charge in [-0.2, -0.15) is 0 Å². The smallest absolute Gasteiger partial charge is 0.329 e. The Morgan fingerprint density at radius 1 is 1.04 bits per heavy atom. The van der Waals surface area contributed by atoms with Gasteiger partial charge in [-0.15, -0.1) is 11.3 Å². The summed E-state index contributed by atoms with van der Waals surface area (Å²) in [7, 11) is 0. The molecule has 7 heteroatoms. The van der Waals surface area contributed by atoms with Gasteiger partial charge in [-0.1, -0.05) is 19.9 Å². The summed E-state index contributed by atoms with van der Waals surface area (Å²) in [6.45, 7) is 12.9. The average Bonchev–Trinajstić information content (AvgIpc) is 3.05. The molecule has 0 aromatic carbocycles. The molecule has 1 rings (SSSR count). The van der Waals surface area contributed by atoms with Gasteiger partial charge in [0.15, 0.2) is 6.10 Å². The molecule has 1 aromatic heterocycles. The molecule has 2 amide bonds. The van der Waals surface area contributed by atoms with Crippen LogP contribution in [0.15, 0.2) is 17.5 Å². The van der Waals surface area contributed by atoms with Crippen molar-refractivity contribution in [3.63, 3.8) is 0 Å². The summed E-state index contributed by atoms with van der Waals surface area (Å²) < 4.78 is 5.39. The molecule has 0 saturated heterocycles. The third kappa shape index (κ3) is 5.83. The third-order valence-corrected chi connectivity index (χ3v) is 4.83. The summed E-state index contributed by atoms with van der Waals surface area (Å²) in [5.41, 5.74) is 0. The number of amides is 2. The van der Waals surface area contributed by atoms with Crippen molar-refractivity contribution in [1.29, 1.82) is 0 Å². The average molecular weight is 383 g/mol.